The predicted octanol–water partition coefficient (Wildman–Crippen LogP) is 5.37. The van der Waals surface area contributed by atoms with E-state index in [1.165, 1.54) is 16.9 Å². The lowest BCUT2D eigenvalue weighted by Crippen LogP contribution is -2.27. The van der Waals surface area contributed by atoms with Gasteiger partial charge in [0.2, 0.25) is 0 Å². The van der Waals surface area contributed by atoms with Gasteiger partial charge in [-0.15, -0.1) is 11.3 Å². The van der Waals surface area contributed by atoms with Gasteiger partial charge in [0.25, 0.3) is 5.91 Å². The SMILES string of the molecule is CN(CCCCc1ccccc1)C(=O)c1cc(Br)sc1Br. The van der Waals surface area contributed by atoms with Crippen molar-refractivity contribution in [3.63, 3.8) is 0 Å². The van der Waals surface area contributed by atoms with Crippen LogP contribution in [0.1, 0.15) is 28.8 Å². The topological polar surface area (TPSA) is 20.3 Å². The van der Waals surface area contributed by atoms with Crippen molar-refractivity contribution in [3.8, 4) is 0 Å². The van der Waals surface area contributed by atoms with Gasteiger partial charge in [-0.05, 0) is 62.8 Å². The molecule has 0 unspecified atom stereocenters. The fraction of sp³-hybridized carbons (Fsp3) is 0.312. The third-order valence-electron chi connectivity index (χ3n) is 3.29. The summed E-state index contributed by atoms with van der Waals surface area (Å²) in [6, 6.07) is 12.3. The molecule has 0 fully saturated rings. The van der Waals surface area contributed by atoms with Gasteiger partial charge in [0.1, 0.15) is 0 Å². The van der Waals surface area contributed by atoms with Gasteiger partial charge in [-0.25, -0.2) is 0 Å². The minimum Gasteiger partial charge on any atom is -0.342 e. The second kappa shape index (κ2) is 8.11. The summed E-state index contributed by atoms with van der Waals surface area (Å²) < 4.78 is 1.85. The van der Waals surface area contributed by atoms with Gasteiger partial charge in [-0.3, -0.25) is 4.79 Å². The van der Waals surface area contributed by atoms with Gasteiger partial charge < -0.3 is 4.90 Å². The molecule has 0 N–H and O–H groups in total. The quantitative estimate of drug-likeness (QED) is 0.564. The van der Waals surface area contributed by atoms with Crippen LogP contribution in [0.2, 0.25) is 0 Å². The molecule has 0 aliphatic heterocycles. The minimum atomic E-state index is 0.0727. The van der Waals surface area contributed by atoms with E-state index in [1.807, 2.05) is 19.2 Å². The Morgan fingerprint density at radius 2 is 1.90 bits per heavy atom. The number of benzene rings is 1. The van der Waals surface area contributed by atoms with E-state index in [-0.39, 0.29) is 5.91 Å². The standard InChI is InChI=1S/C16H17Br2NOS/c1-19(16(20)13-11-14(17)21-15(13)18)10-6-5-9-12-7-3-2-4-8-12/h2-4,7-8,11H,5-6,9-10H2,1H3. The van der Waals surface area contributed by atoms with Gasteiger partial charge in [0, 0.05) is 13.6 Å². The van der Waals surface area contributed by atoms with Crippen molar-refractivity contribution in [2.75, 3.05) is 13.6 Å². The molecule has 1 aromatic carbocycles. The van der Waals surface area contributed by atoms with Gasteiger partial charge in [0.15, 0.2) is 0 Å². The molecule has 0 bridgehead atoms. The molecule has 0 aliphatic rings. The average Bonchev–Trinajstić information content (AvgIpc) is 2.82. The first kappa shape index (κ1) is 16.7. The molecule has 2 rings (SSSR count). The Morgan fingerprint density at radius 3 is 2.52 bits per heavy atom. The van der Waals surface area contributed by atoms with Crippen LogP contribution in [0.4, 0.5) is 0 Å². The summed E-state index contributed by atoms with van der Waals surface area (Å²) in [6.07, 6.45) is 3.17. The second-order valence-corrected chi connectivity index (χ2v) is 8.66. The molecular formula is C16H17Br2NOS. The van der Waals surface area contributed by atoms with E-state index in [9.17, 15) is 4.79 Å². The van der Waals surface area contributed by atoms with E-state index < -0.39 is 0 Å². The largest absolute Gasteiger partial charge is 0.342 e. The van der Waals surface area contributed by atoms with E-state index in [0.717, 1.165) is 38.9 Å². The number of hydrogen-bond acceptors (Lipinski definition) is 2. The highest BCUT2D eigenvalue weighted by atomic mass is 79.9. The summed E-state index contributed by atoms with van der Waals surface area (Å²) in [5.74, 6) is 0.0727. The Labute approximate surface area is 146 Å². The summed E-state index contributed by atoms with van der Waals surface area (Å²) in [6.45, 7) is 0.783. The van der Waals surface area contributed by atoms with Crippen LogP contribution in [0.5, 0.6) is 0 Å². The van der Waals surface area contributed by atoms with Crippen LogP contribution in [-0.4, -0.2) is 24.4 Å². The number of halogens is 2. The smallest absolute Gasteiger partial charge is 0.255 e. The van der Waals surface area contributed by atoms with Gasteiger partial charge in [-0.2, -0.15) is 0 Å². The zero-order valence-corrected chi connectivity index (χ0v) is 15.8. The number of carbonyl (C=O) groups is 1. The molecule has 0 aliphatic carbocycles. The van der Waals surface area contributed by atoms with Crippen LogP contribution in [0.3, 0.4) is 0 Å². The molecule has 112 valence electrons. The van der Waals surface area contributed by atoms with Gasteiger partial charge in [-0.1, -0.05) is 30.3 Å². The number of hydrogen-bond donors (Lipinski definition) is 0. The summed E-state index contributed by atoms with van der Waals surface area (Å²) >= 11 is 8.37. The Balaban J connectivity index is 1.78. The van der Waals surface area contributed by atoms with Crippen LogP contribution in [0, 0.1) is 0 Å². The minimum absolute atomic E-state index is 0.0727. The van der Waals surface area contributed by atoms with Crippen molar-refractivity contribution < 1.29 is 4.79 Å². The van der Waals surface area contributed by atoms with Crippen molar-refractivity contribution in [2.45, 2.75) is 19.3 Å². The molecular weight excluding hydrogens is 414 g/mol. The first-order valence-electron chi connectivity index (χ1n) is 6.82. The Kier molecular flexibility index (Phi) is 6.45. The predicted molar refractivity (Wildman–Crippen MR) is 96.1 cm³/mol. The molecule has 1 heterocycles. The third kappa shape index (κ3) is 4.94. The average molecular weight is 431 g/mol. The lowest BCUT2D eigenvalue weighted by molar-refractivity contribution is 0.0792. The maximum Gasteiger partial charge on any atom is 0.255 e. The Hall–Kier alpha value is -0.650. The van der Waals surface area contributed by atoms with Crippen LogP contribution in [0.15, 0.2) is 44.0 Å². The van der Waals surface area contributed by atoms with Crippen LogP contribution >= 0.6 is 43.2 Å². The Morgan fingerprint density at radius 1 is 1.19 bits per heavy atom. The number of carbonyl (C=O) groups excluding carboxylic acids is 1. The Bertz CT molecular complexity index is 598. The molecule has 1 aromatic heterocycles. The van der Waals surface area contributed by atoms with Crippen molar-refractivity contribution in [1.29, 1.82) is 0 Å². The summed E-state index contributed by atoms with van der Waals surface area (Å²) in [5.41, 5.74) is 2.09. The normalized spacial score (nSPS) is 10.6. The first-order valence-corrected chi connectivity index (χ1v) is 9.22. The van der Waals surface area contributed by atoms with E-state index in [4.69, 9.17) is 0 Å². The zero-order valence-electron chi connectivity index (χ0n) is 11.8. The highest BCUT2D eigenvalue weighted by molar-refractivity contribution is 9.12. The molecule has 0 saturated heterocycles. The van der Waals surface area contributed by atoms with E-state index in [1.54, 1.807) is 4.90 Å². The molecule has 1 amide bonds. The lowest BCUT2D eigenvalue weighted by Gasteiger charge is -2.16. The van der Waals surface area contributed by atoms with Gasteiger partial charge in [0.05, 0.1) is 13.1 Å². The number of amides is 1. The van der Waals surface area contributed by atoms with Crippen molar-refractivity contribution in [2.24, 2.45) is 0 Å². The summed E-state index contributed by atoms with van der Waals surface area (Å²) in [4.78, 5) is 14.1. The maximum absolute atomic E-state index is 12.3. The molecule has 21 heavy (non-hydrogen) atoms. The van der Waals surface area contributed by atoms with Gasteiger partial charge >= 0.3 is 0 Å². The van der Waals surface area contributed by atoms with Crippen LogP contribution in [-0.2, 0) is 6.42 Å². The fourth-order valence-electron chi connectivity index (χ4n) is 2.12. The van der Waals surface area contributed by atoms with Crippen LogP contribution in [0.25, 0.3) is 0 Å². The van der Waals surface area contributed by atoms with Crippen molar-refractivity contribution in [1.82, 2.24) is 4.90 Å². The molecule has 0 radical (unpaired) electrons. The molecule has 5 heteroatoms. The molecule has 0 saturated carbocycles. The van der Waals surface area contributed by atoms with Crippen molar-refractivity contribution in [3.05, 3.63) is 55.1 Å². The first-order chi connectivity index (χ1) is 10.1. The molecule has 0 spiro atoms. The molecule has 2 aromatic rings. The number of aryl methyl sites for hydroxylation is 1. The summed E-state index contributed by atoms with van der Waals surface area (Å²) in [5, 5.41) is 0. The number of unbranched alkanes of at least 4 members (excludes halogenated alkanes) is 1. The highest BCUT2D eigenvalue weighted by Crippen LogP contribution is 2.32. The molecule has 2 nitrogen and oxygen atoms in total. The second-order valence-electron chi connectivity index (χ2n) is 4.91. The summed E-state index contributed by atoms with van der Waals surface area (Å²) in [7, 11) is 1.86. The number of thiophene rings is 1. The monoisotopic (exact) mass is 429 g/mol. The molecule has 0 atom stereocenters. The van der Waals surface area contributed by atoms with Crippen molar-refractivity contribution >= 4 is 49.1 Å². The highest BCUT2D eigenvalue weighted by Gasteiger charge is 2.17. The number of nitrogens with zero attached hydrogens (tertiary/aromatic N) is 1. The van der Waals surface area contributed by atoms with E-state index >= 15 is 0 Å². The lowest BCUT2D eigenvalue weighted by atomic mass is 10.1. The third-order valence-corrected chi connectivity index (χ3v) is 5.62. The van der Waals surface area contributed by atoms with E-state index in [2.05, 4.69) is 56.1 Å². The number of rotatable bonds is 6. The fourth-order valence-corrected chi connectivity index (χ4v) is 4.89. The van der Waals surface area contributed by atoms with E-state index in [0.29, 0.717) is 0 Å². The van der Waals surface area contributed by atoms with Crippen LogP contribution < -0.4 is 0 Å². The maximum atomic E-state index is 12.3. The zero-order chi connectivity index (χ0) is 15.2.